The Morgan fingerprint density at radius 3 is 3.00 bits per heavy atom. The van der Waals surface area contributed by atoms with E-state index in [0.29, 0.717) is 0 Å². The summed E-state index contributed by atoms with van der Waals surface area (Å²) in [6.45, 7) is 4.02. The van der Waals surface area contributed by atoms with Crippen LogP contribution in [0.15, 0.2) is 53.8 Å². The van der Waals surface area contributed by atoms with Gasteiger partial charge in [-0.2, -0.15) is 0 Å². The highest BCUT2D eigenvalue weighted by atomic mass is 16.5. The van der Waals surface area contributed by atoms with Gasteiger partial charge in [0.25, 0.3) is 0 Å². The van der Waals surface area contributed by atoms with Crippen molar-refractivity contribution in [1.29, 1.82) is 0 Å². The molecule has 4 rings (SSSR count). The normalized spacial score (nSPS) is 25.8. The van der Waals surface area contributed by atoms with Crippen molar-refractivity contribution in [2.45, 2.75) is 38.5 Å². The number of anilines is 2. The second kappa shape index (κ2) is 6.54. The van der Waals surface area contributed by atoms with E-state index in [0.717, 1.165) is 55.2 Å². The van der Waals surface area contributed by atoms with Gasteiger partial charge >= 0.3 is 0 Å². The van der Waals surface area contributed by atoms with Gasteiger partial charge in [-0.15, -0.1) is 0 Å². The maximum atomic E-state index is 6.20. The summed E-state index contributed by atoms with van der Waals surface area (Å²) in [5.41, 5.74) is 16.6. The van der Waals surface area contributed by atoms with E-state index in [4.69, 9.17) is 16.2 Å². The van der Waals surface area contributed by atoms with Crippen LogP contribution in [0.2, 0.25) is 0 Å². The van der Waals surface area contributed by atoms with Crippen LogP contribution in [0.5, 0.6) is 0 Å². The van der Waals surface area contributed by atoms with E-state index >= 15 is 0 Å². The molecule has 3 aliphatic heterocycles. The standard InChI is InChI=1S/C19H25N5O/c1-2-13-8-18-16(9-19(21)25-18)24(11-13)17-10-22-6-5-15(17)23-7-3-4-14(20)12-23/h5-6,8-11,14,19H,2-4,7,12,20-21H2,1H3/t14-,19?/m1/s1. The summed E-state index contributed by atoms with van der Waals surface area (Å²) in [7, 11) is 0. The summed E-state index contributed by atoms with van der Waals surface area (Å²) in [6, 6.07) is 2.29. The number of fused-ring (bicyclic) bond motifs is 1. The minimum atomic E-state index is -0.406. The fraction of sp³-hybridized carbons (Fsp3) is 0.421. The fourth-order valence-electron chi connectivity index (χ4n) is 3.68. The number of allylic oxidation sites excluding steroid dienone is 2. The van der Waals surface area contributed by atoms with Crippen LogP contribution in [0.3, 0.4) is 0 Å². The molecule has 0 saturated carbocycles. The Balaban J connectivity index is 1.75. The van der Waals surface area contributed by atoms with Crippen LogP contribution >= 0.6 is 0 Å². The number of nitrogens with zero attached hydrogens (tertiary/aromatic N) is 3. The molecule has 6 nitrogen and oxygen atoms in total. The van der Waals surface area contributed by atoms with Gasteiger partial charge in [-0.05, 0) is 43.1 Å². The Hall–Kier alpha value is -2.31. The molecular formula is C19H25N5O. The molecular weight excluding hydrogens is 314 g/mol. The van der Waals surface area contributed by atoms with E-state index in [1.807, 2.05) is 18.5 Å². The number of ether oxygens (including phenoxy) is 1. The number of nitrogens with two attached hydrogens (primary N) is 2. The van der Waals surface area contributed by atoms with Crippen molar-refractivity contribution >= 4 is 11.4 Å². The first-order valence-corrected chi connectivity index (χ1v) is 8.96. The summed E-state index contributed by atoms with van der Waals surface area (Å²) in [5.74, 6) is 0.831. The average molecular weight is 339 g/mol. The Kier molecular flexibility index (Phi) is 4.23. The molecule has 0 amide bonds. The number of pyridine rings is 1. The Morgan fingerprint density at radius 1 is 1.32 bits per heavy atom. The van der Waals surface area contributed by atoms with Crippen LogP contribution in [0.1, 0.15) is 26.2 Å². The second-order valence-electron chi connectivity index (χ2n) is 6.78. The lowest BCUT2D eigenvalue weighted by Crippen LogP contribution is -2.43. The molecule has 4 heterocycles. The second-order valence-corrected chi connectivity index (χ2v) is 6.78. The van der Waals surface area contributed by atoms with E-state index in [1.54, 1.807) is 0 Å². The van der Waals surface area contributed by atoms with Crippen molar-refractivity contribution in [3.63, 3.8) is 0 Å². The van der Waals surface area contributed by atoms with Crippen LogP contribution < -0.4 is 21.3 Å². The average Bonchev–Trinajstić information content (AvgIpc) is 3.01. The summed E-state index contributed by atoms with van der Waals surface area (Å²) in [4.78, 5) is 8.89. The first kappa shape index (κ1) is 16.2. The Bertz CT molecular complexity index is 754. The minimum Gasteiger partial charge on any atom is -0.470 e. The molecule has 3 aliphatic rings. The summed E-state index contributed by atoms with van der Waals surface area (Å²) in [5, 5.41) is 0. The third-order valence-electron chi connectivity index (χ3n) is 4.95. The molecule has 1 saturated heterocycles. The monoisotopic (exact) mass is 339 g/mol. The van der Waals surface area contributed by atoms with Gasteiger partial charge in [-0.1, -0.05) is 6.92 Å². The van der Waals surface area contributed by atoms with E-state index in [2.05, 4.69) is 40.0 Å². The van der Waals surface area contributed by atoms with Gasteiger partial charge < -0.3 is 20.3 Å². The molecule has 0 aromatic carbocycles. The van der Waals surface area contributed by atoms with Gasteiger partial charge in [-0.25, -0.2) is 0 Å². The Morgan fingerprint density at radius 2 is 2.20 bits per heavy atom. The molecule has 4 N–H and O–H groups in total. The third-order valence-corrected chi connectivity index (χ3v) is 4.95. The van der Waals surface area contributed by atoms with Crippen LogP contribution in [0.4, 0.5) is 11.4 Å². The van der Waals surface area contributed by atoms with Crippen molar-refractivity contribution in [3.05, 3.63) is 53.8 Å². The molecule has 0 spiro atoms. The maximum Gasteiger partial charge on any atom is 0.169 e. The molecule has 0 bridgehead atoms. The van der Waals surface area contributed by atoms with Gasteiger partial charge in [0.05, 0.1) is 23.3 Å². The molecule has 6 heteroatoms. The Labute approximate surface area is 148 Å². The lowest BCUT2D eigenvalue weighted by molar-refractivity contribution is 0.185. The van der Waals surface area contributed by atoms with Crippen molar-refractivity contribution in [2.75, 3.05) is 22.9 Å². The first-order chi connectivity index (χ1) is 12.2. The lowest BCUT2D eigenvalue weighted by Gasteiger charge is -2.36. The molecule has 0 aliphatic carbocycles. The zero-order valence-corrected chi connectivity index (χ0v) is 14.6. The molecule has 1 aromatic rings. The van der Waals surface area contributed by atoms with Gasteiger partial charge in [0.2, 0.25) is 0 Å². The van der Waals surface area contributed by atoms with E-state index < -0.39 is 6.23 Å². The smallest absolute Gasteiger partial charge is 0.169 e. The van der Waals surface area contributed by atoms with Crippen LogP contribution in [0, 0.1) is 0 Å². The molecule has 1 aromatic heterocycles. The summed E-state index contributed by atoms with van der Waals surface area (Å²) < 4.78 is 5.76. The van der Waals surface area contributed by atoms with Crippen LogP contribution in [-0.2, 0) is 4.74 Å². The van der Waals surface area contributed by atoms with Gasteiger partial charge in [0.1, 0.15) is 5.76 Å². The van der Waals surface area contributed by atoms with Gasteiger partial charge in [-0.3, -0.25) is 10.7 Å². The van der Waals surface area contributed by atoms with Crippen molar-refractivity contribution in [3.8, 4) is 0 Å². The van der Waals surface area contributed by atoms with E-state index in [-0.39, 0.29) is 6.04 Å². The topological polar surface area (TPSA) is 80.6 Å². The van der Waals surface area contributed by atoms with Crippen molar-refractivity contribution < 1.29 is 4.74 Å². The number of hydrogen-bond donors (Lipinski definition) is 2. The predicted molar refractivity (Wildman–Crippen MR) is 99.7 cm³/mol. The maximum absolute atomic E-state index is 6.20. The highest BCUT2D eigenvalue weighted by Gasteiger charge is 2.30. The molecule has 1 fully saturated rings. The first-order valence-electron chi connectivity index (χ1n) is 8.96. The highest BCUT2D eigenvalue weighted by Crippen LogP contribution is 2.39. The van der Waals surface area contributed by atoms with Crippen LogP contribution in [0.25, 0.3) is 0 Å². The van der Waals surface area contributed by atoms with Gasteiger partial charge in [0.15, 0.2) is 6.23 Å². The minimum absolute atomic E-state index is 0.218. The molecule has 0 radical (unpaired) electrons. The summed E-state index contributed by atoms with van der Waals surface area (Å²) >= 11 is 0. The van der Waals surface area contributed by atoms with Crippen molar-refractivity contribution in [1.82, 2.24) is 4.98 Å². The summed E-state index contributed by atoms with van der Waals surface area (Å²) in [6.07, 6.45) is 12.6. The SMILES string of the molecule is CCC1=CN(c2cnccc2N2CCC[C@@H](N)C2)C2=CC(N)OC2=C1. The van der Waals surface area contributed by atoms with Crippen molar-refractivity contribution in [2.24, 2.45) is 11.5 Å². The largest absolute Gasteiger partial charge is 0.470 e. The number of hydrogen-bond acceptors (Lipinski definition) is 6. The molecule has 25 heavy (non-hydrogen) atoms. The number of piperidine rings is 1. The molecule has 2 atom stereocenters. The quantitative estimate of drug-likeness (QED) is 0.879. The fourth-order valence-corrected chi connectivity index (χ4v) is 3.68. The highest BCUT2D eigenvalue weighted by molar-refractivity contribution is 5.76. The van der Waals surface area contributed by atoms with E-state index in [1.165, 1.54) is 5.57 Å². The molecule has 132 valence electrons. The van der Waals surface area contributed by atoms with E-state index in [9.17, 15) is 0 Å². The zero-order chi connectivity index (χ0) is 17.4. The number of rotatable bonds is 3. The lowest BCUT2D eigenvalue weighted by atomic mass is 10.0. The molecule has 1 unspecified atom stereocenters. The van der Waals surface area contributed by atoms with Gasteiger partial charge in [0, 0.05) is 31.5 Å². The third kappa shape index (κ3) is 3.03. The number of aromatic nitrogens is 1. The van der Waals surface area contributed by atoms with Crippen LogP contribution in [-0.4, -0.2) is 30.3 Å². The zero-order valence-electron chi connectivity index (χ0n) is 14.6. The predicted octanol–water partition coefficient (Wildman–Crippen LogP) is 2.21.